The molecule has 0 saturated heterocycles. The largest absolute Gasteiger partial charge is 0.494 e. The van der Waals surface area contributed by atoms with E-state index in [0.717, 1.165) is 6.07 Å². The van der Waals surface area contributed by atoms with E-state index >= 15 is 0 Å². The molecule has 0 unspecified atom stereocenters. The molecule has 3 rings (SSSR count). The highest BCUT2D eigenvalue weighted by Crippen LogP contribution is 2.20. The van der Waals surface area contributed by atoms with Crippen LogP contribution in [-0.4, -0.2) is 18.8 Å². The topological polar surface area (TPSA) is 55.4 Å². The Bertz CT molecular complexity index is 1090. The van der Waals surface area contributed by atoms with Gasteiger partial charge in [0.05, 0.1) is 17.7 Å². The van der Waals surface area contributed by atoms with Crippen LogP contribution in [0, 0.1) is 5.82 Å². The molecule has 1 N–H and O–H groups in total. The number of anilines is 1. The van der Waals surface area contributed by atoms with Crippen molar-refractivity contribution >= 4 is 35.1 Å². The molecule has 29 heavy (non-hydrogen) atoms. The number of ether oxygens (including phenoxy) is 1. The average molecular weight is 410 g/mol. The van der Waals surface area contributed by atoms with Gasteiger partial charge in [0.15, 0.2) is 17.3 Å². The Hall–Kier alpha value is -3.44. The van der Waals surface area contributed by atoms with Gasteiger partial charge >= 0.3 is 0 Å². The molecular weight excluding hydrogens is 393 g/mol. The summed E-state index contributed by atoms with van der Waals surface area (Å²) >= 11 is 6.05. The smallest absolute Gasteiger partial charge is 0.257 e. The predicted octanol–water partition coefficient (Wildman–Crippen LogP) is 5.64. The maximum atomic E-state index is 13.8. The molecule has 3 aromatic rings. The van der Waals surface area contributed by atoms with Crippen LogP contribution in [0.25, 0.3) is 6.08 Å². The lowest BCUT2D eigenvalue weighted by molar-refractivity contribution is 0.102. The lowest BCUT2D eigenvalue weighted by Crippen LogP contribution is -2.12. The Morgan fingerprint density at radius 3 is 2.55 bits per heavy atom. The van der Waals surface area contributed by atoms with Gasteiger partial charge in [0.2, 0.25) is 0 Å². The molecule has 0 radical (unpaired) electrons. The van der Waals surface area contributed by atoms with E-state index in [1.807, 2.05) is 0 Å². The van der Waals surface area contributed by atoms with E-state index in [0.29, 0.717) is 21.8 Å². The second-order valence-corrected chi connectivity index (χ2v) is 6.51. The van der Waals surface area contributed by atoms with Crippen molar-refractivity contribution in [3.63, 3.8) is 0 Å². The Balaban J connectivity index is 1.72. The molecule has 0 aliphatic carbocycles. The first-order chi connectivity index (χ1) is 14.0. The van der Waals surface area contributed by atoms with Crippen LogP contribution in [0.1, 0.15) is 26.3 Å². The fraction of sp³-hybridized carbons (Fsp3) is 0.0435. The number of methoxy groups -OCH3 is 1. The quantitative estimate of drug-likeness (QED) is 0.423. The van der Waals surface area contributed by atoms with Crippen molar-refractivity contribution < 1.29 is 18.7 Å². The van der Waals surface area contributed by atoms with Crippen LogP contribution in [0.5, 0.6) is 5.75 Å². The van der Waals surface area contributed by atoms with Gasteiger partial charge in [-0.25, -0.2) is 4.39 Å². The number of rotatable bonds is 6. The maximum absolute atomic E-state index is 13.8. The molecule has 0 spiro atoms. The number of hydrogen-bond donors (Lipinski definition) is 1. The maximum Gasteiger partial charge on any atom is 0.257 e. The third kappa shape index (κ3) is 5.09. The molecule has 0 fully saturated rings. The highest BCUT2D eigenvalue weighted by Gasteiger charge is 2.10. The number of nitrogens with one attached hydrogen (secondary N) is 1. The van der Waals surface area contributed by atoms with E-state index in [4.69, 9.17) is 16.3 Å². The van der Waals surface area contributed by atoms with Gasteiger partial charge in [0.1, 0.15) is 0 Å². The van der Waals surface area contributed by atoms with Crippen LogP contribution in [-0.2, 0) is 0 Å². The Labute approximate surface area is 172 Å². The molecule has 0 heterocycles. The fourth-order valence-corrected chi connectivity index (χ4v) is 2.87. The number of hydrogen-bond acceptors (Lipinski definition) is 3. The Morgan fingerprint density at radius 1 is 1.03 bits per heavy atom. The summed E-state index contributed by atoms with van der Waals surface area (Å²) in [7, 11) is 1.36. The monoisotopic (exact) mass is 409 g/mol. The summed E-state index contributed by atoms with van der Waals surface area (Å²) in [5.74, 6) is -1.21. The summed E-state index contributed by atoms with van der Waals surface area (Å²) in [6, 6.07) is 17.8. The molecule has 4 nitrogen and oxygen atoms in total. The Morgan fingerprint density at radius 2 is 1.83 bits per heavy atom. The van der Waals surface area contributed by atoms with Crippen molar-refractivity contribution in [3.05, 3.63) is 100 Å². The average Bonchev–Trinajstić information content (AvgIpc) is 2.72. The second-order valence-electron chi connectivity index (χ2n) is 6.11. The summed E-state index contributed by atoms with van der Waals surface area (Å²) in [5.41, 5.74) is 1.83. The van der Waals surface area contributed by atoms with E-state index in [2.05, 4.69) is 5.32 Å². The Kier molecular flexibility index (Phi) is 6.42. The summed E-state index contributed by atoms with van der Waals surface area (Å²) in [6.07, 6.45) is 2.94. The minimum absolute atomic E-state index is 0.0764. The highest BCUT2D eigenvalue weighted by atomic mass is 35.5. The summed E-state index contributed by atoms with van der Waals surface area (Å²) in [6.45, 7) is 0. The molecule has 0 aliphatic rings. The first-order valence-corrected chi connectivity index (χ1v) is 9.07. The van der Waals surface area contributed by atoms with E-state index in [-0.39, 0.29) is 23.0 Å². The summed E-state index contributed by atoms with van der Waals surface area (Å²) < 4.78 is 18.6. The van der Waals surface area contributed by atoms with E-state index in [1.54, 1.807) is 54.6 Å². The molecule has 0 aliphatic heterocycles. The number of halogens is 2. The minimum Gasteiger partial charge on any atom is -0.494 e. The van der Waals surface area contributed by atoms with Crippen molar-refractivity contribution in [1.29, 1.82) is 0 Å². The lowest BCUT2D eigenvalue weighted by atomic mass is 10.1. The normalized spacial score (nSPS) is 10.7. The third-order valence-electron chi connectivity index (χ3n) is 4.13. The van der Waals surface area contributed by atoms with Crippen LogP contribution in [0.2, 0.25) is 5.02 Å². The van der Waals surface area contributed by atoms with Gasteiger partial charge in [-0.2, -0.15) is 0 Å². The molecular formula is C23H17ClFNO3. The van der Waals surface area contributed by atoms with Gasteiger partial charge in [-0.3, -0.25) is 9.59 Å². The van der Waals surface area contributed by atoms with Gasteiger partial charge in [-0.1, -0.05) is 41.9 Å². The standard InChI is InChI=1S/C23H17ClFNO3/c1-29-22-12-10-16(14-20(22)25)21(27)11-9-15-5-4-6-17(13-15)26-23(28)18-7-2-3-8-19(18)24/h2-14H,1H3,(H,26,28)/b11-9+. The molecule has 3 aromatic carbocycles. The van der Waals surface area contributed by atoms with E-state index in [1.165, 1.54) is 25.3 Å². The van der Waals surface area contributed by atoms with Crippen LogP contribution >= 0.6 is 11.6 Å². The molecule has 0 bridgehead atoms. The number of carbonyl (C=O) groups excluding carboxylic acids is 2. The van der Waals surface area contributed by atoms with Crippen LogP contribution in [0.4, 0.5) is 10.1 Å². The third-order valence-corrected chi connectivity index (χ3v) is 4.46. The number of carbonyl (C=O) groups is 2. The molecule has 1 amide bonds. The molecule has 0 atom stereocenters. The van der Waals surface area contributed by atoms with Crippen LogP contribution in [0.3, 0.4) is 0 Å². The van der Waals surface area contributed by atoms with Crippen LogP contribution < -0.4 is 10.1 Å². The lowest BCUT2D eigenvalue weighted by Gasteiger charge is -2.07. The minimum atomic E-state index is -0.601. The van der Waals surface area contributed by atoms with Gasteiger partial charge in [-0.15, -0.1) is 0 Å². The van der Waals surface area contributed by atoms with Crippen LogP contribution in [0.15, 0.2) is 72.8 Å². The van der Waals surface area contributed by atoms with E-state index < -0.39 is 5.82 Å². The van der Waals surface area contributed by atoms with Gasteiger partial charge in [0, 0.05) is 11.3 Å². The van der Waals surface area contributed by atoms with Crippen molar-refractivity contribution in [3.8, 4) is 5.75 Å². The second kappa shape index (κ2) is 9.17. The fourth-order valence-electron chi connectivity index (χ4n) is 2.65. The predicted molar refractivity (Wildman–Crippen MR) is 112 cm³/mol. The molecule has 0 saturated carbocycles. The van der Waals surface area contributed by atoms with Crippen molar-refractivity contribution in [2.24, 2.45) is 0 Å². The zero-order valence-corrected chi connectivity index (χ0v) is 16.2. The zero-order valence-electron chi connectivity index (χ0n) is 15.5. The van der Waals surface area contributed by atoms with E-state index in [9.17, 15) is 14.0 Å². The summed E-state index contributed by atoms with van der Waals surface area (Å²) in [4.78, 5) is 24.6. The van der Waals surface area contributed by atoms with Crippen molar-refractivity contribution in [2.75, 3.05) is 12.4 Å². The van der Waals surface area contributed by atoms with Gasteiger partial charge < -0.3 is 10.1 Å². The van der Waals surface area contributed by atoms with Gasteiger partial charge in [0.25, 0.3) is 5.91 Å². The number of allylic oxidation sites excluding steroid dienone is 1. The first kappa shape index (κ1) is 20.3. The molecule has 0 aromatic heterocycles. The molecule has 146 valence electrons. The highest BCUT2D eigenvalue weighted by molar-refractivity contribution is 6.34. The number of ketones is 1. The summed E-state index contributed by atoms with van der Waals surface area (Å²) in [5, 5.41) is 3.13. The SMILES string of the molecule is COc1ccc(C(=O)/C=C/c2cccc(NC(=O)c3ccccc3Cl)c2)cc1F. The molecule has 6 heteroatoms. The zero-order chi connectivity index (χ0) is 20.8. The first-order valence-electron chi connectivity index (χ1n) is 8.70. The van der Waals surface area contributed by atoms with Gasteiger partial charge in [-0.05, 0) is 54.1 Å². The van der Waals surface area contributed by atoms with Crippen molar-refractivity contribution in [1.82, 2.24) is 0 Å². The van der Waals surface area contributed by atoms with Crippen molar-refractivity contribution in [2.45, 2.75) is 0 Å². The number of amides is 1. The number of benzene rings is 3.